The van der Waals surface area contributed by atoms with Crippen LogP contribution in [-0.4, -0.2) is 54.0 Å². The molecule has 0 unspecified atom stereocenters. The lowest BCUT2D eigenvalue weighted by Crippen LogP contribution is -2.48. The number of hydrogen-bond acceptors (Lipinski definition) is 4. The largest absolute Gasteiger partial charge is 0.450 e. The van der Waals surface area contributed by atoms with Crippen molar-refractivity contribution < 1.29 is 14.6 Å². The molecule has 1 amide bonds. The second-order valence-electron chi connectivity index (χ2n) is 5.23. The van der Waals surface area contributed by atoms with Crippen LogP contribution < -0.4 is 5.32 Å². The van der Waals surface area contributed by atoms with Crippen molar-refractivity contribution in [2.45, 2.75) is 45.3 Å². The van der Waals surface area contributed by atoms with E-state index in [1.54, 1.807) is 6.92 Å². The van der Waals surface area contributed by atoms with E-state index in [4.69, 9.17) is 4.74 Å². The summed E-state index contributed by atoms with van der Waals surface area (Å²) in [5.41, 5.74) is -0.651. The summed E-state index contributed by atoms with van der Waals surface area (Å²) in [6.45, 7) is 8.32. The topological polar surface area (TPSA) is 61.8 Å². The Kier molecular flexibility index (Phi) is 5.21. The average Bonchev–Trinajstić information content (AvgIpc) is 2.19. The van der Waals surface area contributed by atoms with E-state index in [2.05, 4.69) is 10.2 Å². The molecule has 0 atom stereocenters. The first kappa shape index (κ1) is 14.3. The third-order valence-electron chi connectivity index (χ3n) is 2.80. The summed E-state index contributed by atoms with van der Waals surface area (Å²) in [6, 6.07) is 0.201. The molecule has 1 rings (SSSR count). The summed E-state index contributed by atoms with van der Waals surface area (Å²) in [4.78, 5) is 13.5. The van der Waals surface area contributed by atoms with Crippen molar-refractivity contribution in [3.05, 3.63) is 0 Å². The lowest BCUT2D eigenvalue weighted by atomic mass is 10.0. The van der Waals surface area contributed by atoms with Crippen molar-refractivity contribution in [1.82, 2.24) is 10.2 Å². The Morgan fingerprint density at radius 1 is 1.47 bits per heavy atom. The fraction of sp³-hybridized carbons (Fsp3) is 0.917. The number of alkyl carbamates (subject to hydrolysis) is 1. The van der Waals surface area contributed by atoms with Gasteiger partial charge in [0.25, 0.3) is 0 Å². The quantitative estimate of drug-likeness (QED) is 0.773. The zero-order chi connectivity index (χ0) is 12.9. The number of carbonyl (C=O) groups is 1. The molecule has 5 heteroatoms. The maximum absolute atomic E-state index is 11.2. The normalized spacial score (nSPS) is 19.1. The summed E-state index contributed by atoms with van der Waals surface area (Å²) < 4.78 is 4.85. The van der Waals surface area contributed by atoms with Crippen molar-refractivity contribution in [2.24, 2.45) is 0 Å². The molecule has 0 bridgehead atoms. The van der Waals surface area contributed by atoms with Gasteiger partial charge in [-0.25, -0.2) is 4.79 Å². The van der Waals surface area contributed by atoms with Crippen molar-refractivity contribution in [1.29, 1.82) is 0 Å². The molecule has 5 nitrogen and oxygen atoms in total. The molecule has 0 aromatic heterocycles. The van der Waals surface area contributed by atoms with Crippen LogP contribution in [0.4, 0.5) is 4.79 Å². The van der Waals surface area contributed by atoms with E-state index in [1.807, 2.05) is 13.8 Å². The minimum atomic E-state index is -0.651. The van der Waals surface area contributed by atoms with Crippen LogP contribution in [0.1, 0.15) is 33.6 Å². The van der Waals surface area contributed by atoms with Crippen LogP contribution in [0.3, 0.4) is 0 Å². The van der Waals surface area contributed by atoms with Gasteiger partial charge in [-0.3, -0.25) is 0 Å². The van der Waals surface area contributed by atoms with E-state index >= 15 is 0 Å². The molecule has 1 fully saturated rings. The SMILES string of the molecule is CCOC(=O)NC1CCN(CC(C)(C)O)CC1. The maximum Gasteiger partial charge on any atom is 0.407 e. The van der Waals surface area contributed by atoms with Crippen LogP contribution in [0.5, 0.6) is 0 Å². The standard InChI is InChI=1S/C12H24N2O3/c1-4-17-11(15)13-10-5-7-14(8-6-10)9-12(2,3)16/h10,16H,4-9H2,1-3H3,(H,13,15). The molecule has 0 aromatic carbocycles. The Morgan fingerprint density at radius 2 is 2.06 bits per heavy atom. The lowest BCUT2D eigenvalue weighted by Gasteiger charge is -2.35. The molecule has 100 valence electrons. The van der Waals surface area contributed by atoms with Gasteiger partial charge in [0.15, 0.2) is 0 Å². The molecule has 0 aromatic rings. The highest BCUT2D eigenvalue weighted by atomic mass is 16.5. The van der Waals surface area contributed by atoms with Crippen molar-refractivity contribution in [2.75, 3.05) is 26.2 Å². The number of nitrogens with zero attached hydrogens (tertiary/aromatic N) is 1. The number of ether oxygens (including phenoxy) is 1. The van der Waals surface area contributed by atoms with Crippen molar-refractivity contribution in [3.8, 4) is 0 Å². The van der Waals surface area contributed by atoms with E-state index in [1.165, 1.54) is 0 Å². The Bertz CT molecular complexity index is 243. The molecule has 17 heavy (non-hydrogen) atoms. The number of piperidine rings is 1. The Hall–Kier alpha value is -0.810. The lowest BCUT2D eigenvalue weighted by molar-refractivity contribution is 0.0266. The molecule has 0 spiro atoms. The van der Waals surface area contributed by atoms with Gasteiger partial charge in [0.2, 0.25) is 0 Å². The molecule has 1 aliphatic heterocycles. The Morgan fingerprint density at radius 3 is 2.53 bits per heavy atom. The second kappa shape index (κ2) is 6.21. The molecule has 2 N–H and O–H groups in total. The van der Waals surface area contributed by atoms with Crippen LogP contribution in [0.25, 0.3) is 0 Å². The van der Waals surface area contributed by atoms with Crippen LogP contribution in [-0.2, 0) is 4.74 Å². The molecule has 0 saturated carbocycles. The van der Waals surface area contributed by atoms with Gasteiger partial charge in [-0.2, -0.15) is 0 Å². The van der Waals surface area contributed by atoms with Crippen LogP contribution >= 0.6 is 0 Å². The van der Waals surface area contributed by atoms with E-state index in [0.29, 0.717) is 13.2 Å². The predicted molar refractivity (Wildman–Crippen MR) is 65.9 cm³/mol. The molecule has 1 aliphatic rings. The molecule has 1 saturated heterocycles. The van der Waals surface area contributed by atoms with Gasteiger partial charge in [0.1, 0.15) is 0 Å². The number of aliphatic hydroxyl groups is 1. The second-order valence-corrected chi connectivity index (χ2v) is 5.23. The first-order valence-corrected chi connectivity index (χ1v) is 6.29. The Balaban J connectivity index is 2.24. The van der Waals surface area contributed by atoms with Gasteiger partial charge < -0.3 is 20.1 Å². The first-order valence-electron chi connectivity index (χ1n) is 6.29. The molecular formula is C12H24N2O3. The first-order chi connectivity index (χ1) is 7.90. The number of β-amino-alcohol motifs (C(OH)–C–C–N with tert-alkyl or cyclic N) is 1. The molecular weight excluding hydrogens is 220 g/mol. The van der Waals surface area contributed by atoms with Gasteiger partial charge in [0, 0.05) is 25.7 Å². The third-order valence-corrected chi connectivity index (χ3v) is 2.80. The van der Waals surface area contributed by atoms with Crippen molar-refractivity contribution >= 4 is 6.09 Å². The summed E-state index contributed by atoms with van der Waals surface area (Å²) in [5, 5.41) is 12.6. The summed E-state index contributed by atoms with van der Waals surface area (Å²) >= 11 is 0. The Labute approximate surface area is 103 Å². The highest BCUT2D eigenvalue weighted by Crippen LogP contribution is 2.13. The van der Waals surface area contributed by atoms with Crippen LogP contribution in [0.2, 0.25) is 0 Å². The minimum absolute atomic E-state index is 0.201. The number of likely N-dealkylation sites (tertiary alicyclic amines) is 1. The fourth-order valence-corrected chi connectivity index (χ4v) is 2.12. The molecule has 1 heterocycles. The smallest absolute Gasteiger partial charge is 0.407 e. The highest BCUT2D eigenvalue weighted by Gasteiger charge is 2.24. The summed E-state index contributed by atoms with van der Waals surface area (Å²) in [5.74, 6) is 0. The van der Waals surface area contributed by atoms with Gasteiger partial charge in [-0.15, -0.1) is 0 Å². The minimum Gasteiger partial charge on any atom is -0.450 e. The number of rotatable bonds is 4. The van der Waals surface area contributed by atoms with Crippen LogP contribution in [0, 0.1) is 0 Å². The third kappa shape index (κ3) is 5.89. The van der Waals surface area contributed by atoms with Gasteiger partial charge in [-0.1, -0.05) is 0 Å². The summed E-state index contributed by atoms with van der Waals surface area (Å²) in [7, 11) is 0. The maximum atomic E-state index is 11.2. The zero-order valence-corrected chi connectivity index (χ0v) is 11.0. The molecule has 0 aliphatic carbocycles. The number of hydrogen-bond donors (Lipinski definition) is 2. The number of amides is 1. The van der Waals surface area contributed by atoms with Crippen LogP contribution in [0.15, 0.2) is 0 Å². The van der Waals surface area contributed by atoms with E-state index < -0.39 is 5.60 Å². The average molecular weight is 244 g/mol. The van der Waals surface area contributed by atoms with E-state index in [-0.39, 0.29) is 12.1 Å². The van der Waals surface area contributed by atoms with E-state index in [0.717, 1.165) is 25.9 Å². The molecule has 0 radical (unpaired) electrons. The van der Waals surface area contributed by atoms with E-state index in [9.17, 15) is 9.90 Å². The summed E-state index contributed by atoms with van der Waals surface area (Å²) in [6.07, 6.45) is 1.50. The van der Waals surface area contributed by atoms with Crippen molar-refractivity contribution in [3.63, 3.8) is 0 Å². The number of nitrogens with one attached hydrogen (secondary N) is 1. The zero-order valence-electron chi connectivity index (χ0n) is 11.0. The van der Waals surface area contributed by atoms with Gasteiger partial charge >= 0.3 is 6.09 Å². The van der Waals surface area contributed by atoms with Gasteiger partial charge in [-0.05, 0) is 33.6 Å². The van der Waals surface area contributed by atoms with Gasteiger partial charge in [0.05, 0.1) is 12.2 Å². The number of carbonyl (C=O) groups excluding carboxylic acids is 1. The fourth-order valence-electron chi connectivity index (χ4n) is 2.12. The monoisotopic (exact) mass is 244 g/mol. The predicted octanol–water partition coefficient (Wildman–Crippen LogP) is 0.968. The highest BCUT2D eigenvalue weighted by molar-refractivity contribution is 5.67.